The molecule has 0 fully saturated rings. The fourth-order valence-corrected chi connectivity index (χ4v) is 0.843. The average molecular weight is 205 g/mol. The number of aromatic carboxylic acids is 1. The third-order valence-corrected chi connectivity index (χ3v) is 1.39. The predicted molar refractivity (Wildman–Crippen MR) is 51.1 cm³/mol. The molecule has 0 spiro atoms. The van der Waals surface area contributed by atoms with Gasteiger partial charge in [0.05, 0.1) is 5.69 Å². The third-order valence-electron chi connectivity index (χ3n) is 1.39. The van der Waals surface area contributed by atoms with Gasteiger partial charge in [0.15, 0.2) is 5.75 Å². The molecule has 0 aromatic heterocycles. The van der Waals surface area contributed by atoms with Gasteiger partial charge in [0.1, 0.15) is 5.56 Å². The number of phenols is 1. The monoisotopic (exact) mass is 204 g/mol. The predicted octanol–water partition coefficient (Wildman–Crippen LogP) is 0.677. The molecule has 0 radical (unpaired) electrons. The lowest BCUT2D eigenvalue weighted by molar-refractivity contribution is 0.0694. The second-order valence-corrected chi connectivity index (χ2v) is 2.31. The number of hydrogen-bond donors (Lipinski definition) is 4. The molecule has 5 nitrogen and oxygen atoms in total. The molecule has 0 amide bonds. The van der Waals surface area contributed by atoms with E-state index in [4.69, 9.17) is 21.7 Å². The summed E-state index contributed by atoms with van der Waals surface area (Å²) in [4.78, 5) is 10.5. The zero-order chi connectivity index (χ0) is 9.30. The van der Waals surface area contributed by atoms with Crippen molar-refractivity contribution in [3.63, 3.8) is 0 Å². The Morgan fingerprint density at radius 2 is 1.85 bits per heavy atom. The van der Waals surface area contributed by atoms with Crippen LogP contribution in [-0.4, -0.2) is 16.2 Å². The highest BCUT2D eigenvalue weighted by Crippen LogP contribution is 2.27. The second kappa shape index (κ2) is 3.86. The Bertz CT molecular complexity index is 341. The van der Waals surface area contributed by atoms with Gasteiger partial charge < -0.3 is 21.7 Å². The summed E-state index contributed by atoms with van der Waals surface area (Å²) in [6, 6.07) is 2.44. The van der Waals surface area contributed by atoms with Gasteiger partial charge in [-0.25, -0.2) is 4.79 Å². The van der Waals surface area contributed by atoms with Crippen LogP contribution in [0.4, 0.5) is 11.4 Å². The molecular formula is C7H9ClN2O3. The summed E-state index contributed by atoms with van der Waals surface area (Å²) in [6.45, 7) is 0. The number of halogens is 1. The number of benzene rings is 1. The first-order valence-electron chi connectivity index (χ1n) is 3.13. The van der Waals surface area contributed by atoms with Crippen LogP contribution in [-0.2, 0) is 0 Å². The summed E-state index contributed by atoms with van der Waals surface area (Å²) >= 11 is 0. The van der Waals surface area contributed by atoms with Crippen LogP contribution >= 0.6 is 12.4 Å². The van der Waals surface area contributed by atoms with Crippen molar-refractivity contribution >= 4 is 29.8 Å². The van der Waals surface area contributed by atoms with Gasteiger partial charge in [0, 0.05) is 5.69 Å². The number of rotatable bonds is 1. The molecule has 0 aliphatic carbocycles. The molecule has 1 aromatic carbocycles. The van der Waals surface area contributed by atoms with Crippen molar-refractivity contribution in [3.8, 4) is 5.75 Å². The molecule has 1 rings (SSSR count). The Morgan fingerprint density at radius 3 is 2.31 bits per heavy atom. The lowest BCUT2D eigenvalue weighted by atomic mass is 10.1. The highest BCUT2D eigenvalue weighted by atomic mass is 35.5. The first-order valence-corrected chi connectivity index (χ1v) is 3.13. The van der Waals surface area contributed by atoms with E-state index in [0.717, 1.165) is 6.07 Å². The summed E-state index contributed by atoms with van der Waals surface area (Å²) in [5.41, 5.74) is 10.5. The smallest absolute Gasteiger partial charge is 0.339 e. The third kappa shape index (κ3) is 2.16. The SMILES string of the molecule is Cl.Nc1cc(N)c(O)c(C(=O)O)c1. The number of nitrogens with two attached hydrogens (primary N) is 2. The van der Waals surface area contributed by atoms with E-state index in [9.17, 15) is 4.79 Å². The maximum atomic E-state index is 10.5. The van der Waals surface area contributed by atoms with Crippen LogP contribution < -0.4 is 11.5 Å². The molecule has 13 heavy (non-hydrogen) atoms. The number of nitrogen functional groups attached to an aromatic ring is 2. The van der Waals surface area contributed by atoms with Crippen LogP contribution in [0.2, 0.25) is 0 Å². The average Bonchev–Trinajstić information content (AvgIpc) is 1.96. The molecule has 72 valence electrons. The first-order chi connectivity index (χ1) is 5.52. The normalized spacial score (nSPS) is 8.92. The van der Waals surface area contributed by atoms with Gasteiger partial charge >= 0.3 is 5.97 Å². The summed E-state index contributed by atoms with van der Waals surface area (Å²) in [7, 11) is 0. The van der Waals surface area contributed by atoms with Crippen LogP contribution in [0.25, 0.3) is 0 Å². The summed E-state index contributed by atoms with van der Waals surface area (Å²) in [5, 5.41) is 17.7. The van der Waals surface area contributed by atoms with E-state index in [0.29, 0.717) is 0 Å². The van der Waals surface area contributed by atoms with Crippen molar-refractivity contribution in [1.82, 2.24) is 0 Å². The van der Waals surface area contributed by atoms with Crippen LogP contribution in [0.3, 0.4) is 0 Å². The summed E-state index contributed by atoms with van der Waals surface area (Å²) < 4.78 is 0. The van der Waals surface area contributed by atoms with E-state index >= 15 is 0 Å². The van der Waals surface area contributed by atoms with Gasteiger partial charge in [-0.2, -0.15) is 0 Å². The molecule has 0 atom stereocenters. The topological polar surface area (TPSA) is 110 Å². The summed E-state index contributed by atoms with van der Waals surface area (Å²) in [6.07, 6.45) is 0. The molecule has 0 bridgehead atoms. The number of anilines is 2. The zero-order valence-electron chi connectivity index (χ0n) is 6.52. The Morgan fingerprint density at radius 1 is 1.31 bits per heavy atom. The van der Waals surface area contributed by atoms with Crippen LogP contribution in [0, 0.1) is 0 Å². The Kier molecular flexibility index (Phi) is 3.38. The maximum absolute atomic E-state index is 10.5. The Balaban J connectivity index is 0.00000144. The van der Waals surface area contributed by atoms with Crippen molar-refractivity contribution < 1.29 is 15.0 Å². The highest BCUT2D eigenvalue weighted by molar-refractivity contribution is 5.94. The first kappa shape index (κ1) is 11.4. The van der Waals surface area contributed by atoms with Crippen molar-refractivity contribution in [1.29, 1.82) is 0 Å². The Hall–Kier alpha value is -1.62. The van der Waals surface area contributed by atoms with Crippen LogP contribution in [0.1, 0.15) is 10.4 Å². The fourth-order valence-electron chi connectivity index (χ4n) is 0.843. The zero-order valence-corrected chi connectivity index (χ0v) is 7.34. The molecule has 0 heterocycles. The molecule has 0 unspecified atom stereocenters. The molecule has 1 aromatic rings. The second-order valence-electron chi connectivity index (χ2n) is 2.31. The number of aromatic hydroxyl groups is 1. The quantitative estimate of drug-likeness (QED) is 0.306. The molecule has 0 aliphatic rings. The van der Waals surface area contributed by atoms with Crippen molar-refractivity contribution in [2.45, 2.75) is 0 Å². The number of carbonyl (C=O) groups is 1. The van der Waals surface area contributed by atoms with E-state index in [1.54, 1.807) is 0 Å². The molecule has 0 saturated carbocycles. The lowest BCUT2D eigenvalue weighted by Crippen LogP contribution is -2.01. The standard InChI is InChI=1S/C7H8N2O3.ClH/c8-3-1-4(7(11)12)6(10)5(9)2-3;/h1-2,10H,8-9H2,(H,11,12);1H. The van der Waals surface area contributed by atoms with Gasteiger partial charge in [-0.15, -0.1) is 12.4 Å². The van der Waals surface area contributed by atoms with Crippen LogP contribution in [0.5, 0.6) is 5.75 Å². The van der Waals surface area contributed by atoms with Crippen molar-refractivity contribution in [2.24, 2.45) is 0 Å². The maximum Gasteiger partial charge on any atom is 0.339 e. The molecule has 6 heteroatoms. The number of carboxylic acid groups (broad SMARTS) is 1. The Labute approximate surface area is 80.4 Å². The van der Waals surface area contributed by atoms with Gasteiger partial charge in [-0.3, -0.25) is 0 Å². The molecule has 0 saturated heterocycles. The summed E-state index contributed by atoms with van der Waals surface area (Å²) in [5.74, 6) is -1.71. The van der Waals surface area contributed by atoms with Gasteiger partial charge in [0.2, 0.25) is 0 Å². The molecular weight excluding hydrogens is 196 g/mol. The van der Waals surface area contributed by atoms with E-state index < -0.39 is 11.7 Å². The van der Waals surface area contributed by atoms with Crippen molar-refractivity contribution in [2.75, 3.05) is 11.5 Å². The van der Waals surface area contributed by atoms with Gasteiger partial charge in [0.25, 0.3) is 0 Å². The minimum Gasteiger partial charge on any atom is -0.505 e. The largest absolute Gasteiger partial charge is 0.505 e. The minimum absolute atomic E-state index is 0. The van der Waals surface area contributed by atoms with E-state index in [1.165, 1.54) is 6.07 Å². The highest BCUT2D eigenvalue weighted by Gasteiger charge is 2.12. The van der Waals surface area contributed by atoms with Crippen molar-refractivity contribution in [3.05, 3.63) is 17.7 Å². The number of hydrogen-bond acceptors (Lipinski definition) is 4. The van der Waals surface area contributed by atoms with Gasteiger partial charge in [-0.05, 0) is 12.1 Å². The molecule has 6 N–H and O–H groups in total. The van der Waals surface area contributed by atoms with E-state index in [2.05, 4.69) is 0 Å². The minimum atomic E-state index is -1.26. The lowest BCUT2D eigenvalue weighted by Gasteiger charge is -2.03. The van der Waals surface area contributed by atoms with E-state index in [1.807, 2.05) is 0 Å². The van der Waals surface area contributed by atoms with E-state index in [-0.39, 0.29) is 29.3 Å². The number of carboxylic acids is 1. The van der Waals surface area contributed by atoms with Gasteiger partial charge in [-0.1, -0.05) is 0 Å². The fraction of sp³-hybridized carbons (Fsp3) is 0. The van der Waals surface area contributed by atoms with Crippen LogP contribution in [0.15, 0.2) is 12.1 Å². The molecule has 0 aliphatic heterocycles.